The number of ether oxygens (including phenoxy) is 1. The van der Waals surface area contributed by atoms with Crippen LogP contribution < -0.4 is 9.64 Å². The topological polar surface area (TPSA) is 46.6 Å². The second-order valence-corrected chi connectivity index (χ2v) is 4.71. The van der Waals surface area contributed by atoms with Crippen LogP contribution in [0, 0.1) is 0 Å². The zero-order valence-electron chi connectivity index (χ0n) is 9.40. The first kappa shape index (κ1) is 12.1. The van der Waals surface area contributed by atoms with E-state index >= 15 is 0 Å². The summed E-state index contributed by atoms with van der Waals surface area (Å²) in [6.07, 6.45) is 1.44. The Morgan fingerprint density at radius 2 is 1.88 bits per heavy atom. The molecule has 0 aliphatic carbocycles. The highest BCUT2D eigenvalue weighted by Gasteiger charge is 2.29. The molecule has 2 amide bonds. The van der Waals surface area contributed by atoms with Gasteiger partial charge in [0.25, 0.3) is 0 Å². The van der Waals surface area contributed by atoms with Crippen LogP contribution in [0.1, 0.15) is 19.3 Å². The van der Waals surface area contributed by atoms with Gasteiger partial charge in [0.2, 0.25) is 11.8 Å². The van der Waals surface area contributed by atoms with Crippen molar-refractivity contribution in [3.8, 4) is 5.75 Å². The molecule has 5 heteroatoms. The van der Waals surface area contributed by atoms with Gasteiger partial charge in [-0.2, -0.15) is 0 Å². The first-order valence-electron chi connectivity index (χ1n) is 5.33. The molecule has 17 heavy (non-hydrogen) atoms. The number of halogens is 1. The number of rotatable bonds is 2. The third-order valence-corrected chi connectivity index (χ3v) is 3.16. The molecule has 1 heterocycles. The van der Waals surface area contributed by atoms with Gasteiger partial charge in [-0.05, 0) is 24.6 Å². The van der Waals surface area contributed by atoms with Crippen molar-refractivity contribution in [2.75, 3.05) is 12.0 Å². The van der Waals surface area contributed by atoms with Gasteiger partial charge in [0, 0.05) is 17.3 Å². The summed E-state index contributed by atoms with van der Waals surface area (Å²) in [5.74, 6) is 0.187. The van der Waals surface area contributed by atoms with Gasteiger partial charge in [-0.3, -0.25) is 9.59 Å². The zero-order chi connectivity index (χ0) is 12.4. The summed E-state index contributed by atoms with van der Waals surface area (Å²) in [6, 6.07) is 5.26. The van der Waals surface area contributed by atoms with E-state index in [2.05, 4.69) is 15.9 Å². The fourth-order valence-electron chi connectivity index (χ4n) is 1.86. The van der Waals surface area contributed by atoms with Gasteiger partial charge in [0.15, 0.2) is 0 Å². The maximum absolute atomic E-state index is 11.8. The van der Waals surface area contributed by atoms with Crippen molar-refractivity contribution in [1.29, 1.82) is 0 Å². The standard InChI is InChI=1S/C12H12BrNO3/c1-17-10-6-5-8(13)7-9(10)14-11(15)3-2-4-12(14)16/h5-7H,2-4H2,1H3. The fraction of sp³-hybridized carbons (Fsp3) is 0.333. The molecule has 1 fully saturated rings. The number of methoxy groups -OCH3 is 1. The molecular weight excluding hydrogens is 286 g/mol. The van der Waals surface area contributed by atoms with E-state index in [1.165, 1.54) is 12.0 Å². The van der Waals surface area contributed by atoms with Crippen LogP contribution in [0.3, 0.4) is 0 Å². The van der Waals surface area contributed by atoms with E-state index in [9.17, 15) is 9.59 Å². The second-order valence-electron chi connectivity index (χ2n) is 3.79. The lowest BCUT2D eigenvalue weighted by atomic mass is 10.1. The molecule has 4 nitrogen and oxygen atoms in total. The number of carbonyl (C=O) groups excluding carboxylic acids is 2. The predicted molar refractivity (Wildman–Crippen MR) is 67.0 cm³/mol. The number of anilines is 1. The molecule has 1 aromatic rings. The Bertz CT molecular complexity index is 457. The SMILES string of the molecule is COc1ccc(Br)cc1N1C(=O)CCCC1=O. The average molecular weight is 298 g/mol. The lowest BCUT2D eigenvalue weighted by Crippen LogP contribution is -2.40. The Hall–Kier alpha value is -1.36. The van der Waals surface area contributed by atoms with Crippen LogP contribution in [0.5, 0.6) is 5.75 Å². The van der Waals surface area contributed by atoms with Crippen molar-refractivity contribution in [2.24, 2.45) is 0 Å². The van der Waals surface area contributed by atoms with Gasteiger partial charge in [-0.15, -0.1) is 0 Å². The minimum atomic E-state index is -0.169. The third-order valence-electron chi connectivity index (χ3n) is 2.66. The van der Waals surface area contributed by atoms with E-state index in [1.54, 1.807) is 18.2 Å². The summed E-state index contributed by atoms with van der Waals surface area (Å²) in [5, 5.41) is 0. The van der Waals surface area contributed by atoms with Crippen molar-refractivity contribution >= 4 is 33.4 Å². The van der Waals surface area contributed by atoms with Crippen LogP contribution in [-0.2, 0) is 9.59 Å². The molecule has 0 spiro atoms. The van der Waals surface area contributed by atoms with Crippen molar-refractivity contribution < 1.29 is 14.3 Å². The summed E-state index contributed by atoms with van der Waals surface area (Å²) >= 11 is 3.33. The van der Waals surface area contributed by atoms with Gasteiger partial charge in [0.1, 0.15) is 5.75 Å². The number of benzene rings is 1. The van der Waals surface area contributed by atoms with Crippen LogP contribution in [0.25, 0.3) is 0 Å². The van der Waals surface area contributed by atoms with Gasteiger partial charge in [-0.1, -0.05) is 15.9 Å². The van der Waals surface area contributed by atoms with Gasteiger partial charge in [-0.25, -0.2) is 4.90 Å². The molecular formula is C12H12BrNO3. The Morgan fingerprint density at radius 3 is 2.47 bits per heavy atom. The summed E-state index contributed by atoms with van der Waals surface area (Å²) < 4.78 is 5.99. The molecule has 0 bridgehead atoms. The van der Waals surface area contributed by atoms with Gasteiger partial charge in [0.05, 0.1) is 12.8 Å². The summed E-state index contributed by atoms with van der Waals surface area (Å²) in [7, 11) is 1.52. The number of hydrogen-bond donors (Lipinski definition) is 0. The van der Waals surface area contributed by atoms with Crippen LogP contribution in [0.15, 0.2) is 22.7 Å². The molecule has 1 aliphatic rings. The van der Waals surface area contributed by atoms with E-state index < -0.39 is 0 Å². The van der Waals surface area contributed by atoms with Crippen LogP contribution in [0.4, 0.5) is 5.69 Å². The van der Waals surface area contributed by atoms with Gasteiger partial charge >= 0.3 is 0 Å². The van der Waals surface area contributed by atoms with E-state index in [0.717, 1.165) is 4.47 Å². The van der Waals surface area contributed by atoms with E-state index in [-0.39, 0.29) is 11.8 Å². The van der Waals surface area contributed by atoms with Crippen molar-refractivity contribution in [3.05, 3.63) is 22.7 Å². The molecule has 0 saturated carbocycles. The molecule has 0 radical (unpaired) electrons. The number of imide groups is 1. The Labute approximate surface area is 108 Å². The maximum atomic E-state index is 11.8. The zero-order valence-corrected chi connectivity index (χ0v) is 11.0. The molecule has 0 unspecified atom stereocenters. The molecule has 1 aromatic carbocycles. The number of piperidine rings is 1. The fourth-order valence-corrected chi connectivity index (χ4v) is 2.21. The number of carbonyl (C=O) groups is 2. The molecule has 0 aromatic heterocycles. The minimum Gasteiger partial charge on any atom is -0.495 e. The first-order valence-corrected chi connectivity index (χ1v) is 6.12. The quantitative estimate of drug-likeness (QED) is 0.788. The Kier molecular flexibility index (Phi) is 3.47. The molecule has 2 rings (SSSR count). The molecule has 1 saturated heterocycles. The van der Waals surface area contributed by atoms with Crippen LogP contribution in [0.2, 0.25) is 0 Å². The van der Waals surface area contributed by atoms with E-state index in [1.807, 2.05) is 0 Å². The number of amides is 2. The van der Waals surface area contributed by atoms with Crippen molar-refractivity contribution in [1.82, 2.24) is 0 Å². The number of hydrogen-bond acceptors (Lipinski definition) is 3. The lowest BCUT2D eigenvalue weighted by molar-refractivity contribution is -0.129. The van der Waals surface area contributed by atoms with E-state index in [4.69, 9.17) is 4.74 Å². The summed E-state index contributed by atoms with van der Waals surface area (Å²) in [4.78, 5) is 24.9. The maximum Gasteiger partial charge on any atom is 0.233 e. The molecule has 0 N–H and O–H groups in total. The smallest absolute Gasteiger partial charge is 0.233 e. The van der Waals surface area contributed by atoms with Gasteiger partial charge < -0.3 is 4.74 Å². The average Bonchev–Trinajstić information content (AvgIpc) is 2.29. The molecule has 90 valence electrons. The normalized spacial score (nSPS) is 16.2. The first-order chi connectivity index (χ1) is 8.13. The minimum absolute atomic E-state index is 0.169. The van der Waals surface area contributed by atoms with Crippen LogP contribution >= 0.6 is 15.9 Å². The van der Waals surface area contributed by atoms with Crippen molar-refractivity contribution in [2.45, 2.75) is 19.3 Å². The number of nitrogens with zero attached hydrogens (tertiary/aromatic N) is 1. The second kappa shape index (κ2) is 4.87. The molecule has 0 atom stereocenters. The highest BCUT2D eigenvalue weighted by Crippen LogP contribution is 2.33. The third kappa shape index (κ3) is 2.34. The monoisotopic (exact) mass is 297 g/mol. The summed E-state index contributed by atoms with van der Waals surface area (Å²) in [5.41, 5.74) is 0.511. The lowest BCUT2D eigenvalue weighted by Gasteiger charge is -2.26. The highest BCUT2D eigenvalue weighted by molar-refractivity contribution is 9.10. The highest BCUT2D eigenvalue weighted by atomic mass is 79.9. The van der Waals surface area contributed by atoms with Crippen molar-refractivity contribution in [3.63, 3.8) is 0 Å². The van der Waals surface area contributed by atoms with E-state index in [0.29, 0.717) is 30.7 Å². The summed E-state index contributed by atoms with van der Waals surface area (Å²) in [6.45, 7) is 0. The largest absolute Gasteiger partial charge is 0.495 e. The Morgan fingerprint density at radius 1 is 1.24 bits per heavy atom. The Balaban J connectivity index is 2.47. The predicted octanol–water partition coefficient (Wildman–Crippen LogP) is 2.50. The van der Waals surface area contributed by atoms with Crippen LogP contribution in [-0.4, -0.2) is 18.9 Å². The molecule has 1 aliphatic heterocycles.